The number of nitrogens with one attached hydrogen (secondary N) is 1. The zero-order valence-corrected chi connectivity index (χ0v) is 39.2. The topological polar surface area (TPSA) is 125 Å². The lowest BCUT2D eigenvalue weighted by molar-refractivity contribution is -0.125. The highest BCUT2D eigenvalue weighted by Crippen LogP contribution is 2.46. The Kier molecular flexibility index (Phi) is 12.9. The molecule has 0 radical (unpaired) electrons. The lowest BCUT2D eigenvalue weighted by atomic mass is 9.86. The highest BCUT2D eigenvalue weighted by molar-refractivity contribution is 6.01. The standard InChI is InChI=1S/C52H66N8O6/c1-33(2)48-32-64-25-24-57(48)40-14-20-44-46(27-40)58(28-37-8-6-22-53-49(37)55-44)51(61)36-12-18-42(19-13-36)66-60-45-21-15-39(56-30-43(31-56)65-34(3)4)26-47(45)59(29-38-9-7-23-54-50(38)60)52(62)35-10-16-41(63-5)17-11-35/h6-9,14-15,20-23,26-27,33-36,41-43,48H,10-13,16-19,24-25,28-32H2,1-5H3,(H,53,55). The van der Waals surface area contributed by atoms with Gasteiger partial charge in [-0.2, -0.15) is 0 Å². The average molecular weight is 899 g/mol. The fourth-order valence-electron chi connectivity index (χ4n) is 11.0. The Morgan fingerprint density at radius 3 is 2.09 bits per heavy atom. The fraction of sp³-hybridized carbons (Fsp3) is 0.538. The summed E-state index contributed by atoms with van der Waals surface area (Å²) in [4.78, 5) is 55.2. The molecule has 2 saturated carbocycles. The Morgan fingerprint density at radius 2 is 1.38 bits per heavy atom. The minimum absolute atomic E-state index is 0.0965. The van der Waals surface area contributed by atoms with Crippen molar-refractivity contribution in [3.8, 4) is 0 Å². The van der Waals surface area contributed by atoms with Crippen LogP contribution in [0.1, 0.15) is 90.2 Å². The second-order valence-electron chi connectivity index (χ2n) is 19.7. The normalized spacial score (nSPS) is 24.4. The molecule has 4 aliphatic heterocycles. The molecule has 1 N–H and O–H groups in total. The lowest BCUT2D eigenvalue weighted by Gasteiger charge is -2.42. The quantitative estimate of drug-likeness (QED) is 0.164. The fourth-order valence-corrected chi connectivity index (χ4v) is 11.0. The summed E-state index contributed by atoms with van der Waals surface area (Å²) in [5.74, 6) is 1.84. The SMILES string of the molecule is COC1CCC(C(=O)N2Cc3cccnc3N(OC3CCC(C(=O)N4Cc5cccnc5Nc5ccc(N6CCOCC6C(C)C)cc54)CC3)c3ccc(N4CC(OC(C)C)C4)cc32)CC1. The van der Waals surface area contributed by atoms with Gasteiger partial charge in [0.05, 0.1) is 79.5 Å². The van der Waals surface area contributed by atoms with Gasteiger partial charge in [-0.1, -0.05) is 26.0 Å². The molecular formula is C52H66N8O6. The van der Waals surface area contributed by atoms with Gasteiger partial charge >= 0.3 is 0 Å². The van der Waals surface area contributed by atoms with E-state index < -0.39 is 0 Å². The number of anilines is 8. The van der Waals surface area contributed by atoms with Gasteiger partial charge in [0.2, 0.25) is 11.8 Å². The number of fused-ring (bicyclic) bond motifs is 4. The maximum Gasteiger partial charge on any atom is 0.230 e. The van der Waals surface area contributed by atoms with Crippen molar-refractivity contribution in [2.45, 2.75) is 123 Å². The van der Waals surface area contributed by atoms with E-state index in [1.54, 1.807) is 19.5 Å². The Labute approximate surface area is 389 Å². The maximum absolute atomic E-state index is 15.0. The van der Waals surface area contributed by atoms with E-state index in [0.717, 1.165) is 96.4 Å². The van der Waals surface area contributed by atoms with Gasteiger partial charge in [0, 0.05) is 73.5 Å². The van der Waals surface area contributed by atoms with Crippen molar-refractivity contribution in [3.05, 3.63) is 84.2 Å². The smallest absolute Gasteiger partial charge is 0.230 e. The Balaban J connectivity index is 0.909. The van der Waals surface area contributed by atoms with E-state index in [2.05, 4.69) is 96.3 Å². The molecule has 2 aromatic carbocycles. The molecule has 2 amide bonds. The van der Waals surface area contributed by atoms with Crippen LogP contribution in [0.4, 0.5) is 45.8 Å². The molecule has 350 valence electrons. The Bertz CT molecular complexity index is 2370. The number of benzene rings is 2. The first-order valence-electron chi connectivity index (χ1n) is 24.4. The average Bonchev–Trinajstić information content (AvgIpc) is 3.58. The molecule has 2 saturated heterocycles. The predicted octanol–water partition coefficient (Wildman–Crippen LogP) is 8.92. The Hall–Kier alpha value is -5.28. The van der Waals surface area contributed by atoms with Gasteiger partial charge in [0.15, 0.2) is 5.82 Å². The summed E-state index contributed by atoms with van der Waals surface area (Å²) in [6.07, 6.45) is 10.0. The number of aromatic nitrogens is 2. The number of morpholine rings is 1. The second kappa shape index (κ2) is 19.1. The van der Waals surface area contributed by atoms with E-state index in [-0.39, 0.29) is 54.1 Å². The molecule has 1 atom stereocenters. The summed E-state index contributed by atoms with van der Waals surface area (Å²) in [6.45, 7) is 13.2. The van der Waals surface area contributed by atoms with Crippen molar-refractivity contribution in [1.29, 1.82) is 0 Å². The van der Waals surface area contributed by atoms with Crippen molar-refractivity contribution in [2.24, 2.45) is 17.8 Å². The molecule has 0 bridgehead atoms. The number of methoxy groups -OCH3 is 1. The van der Waals surface area contributed by atoms with E-state index in [1.807, 2.05) is 27.0 Å². The third kappa shape index (κ3) is 8.97. The molecule has 0 spiro atoms. The minimum atomic E-state index is -0.183. The number of hydrogen-bond donors (Lipinski definition) is 1. The van der Waals surface area contributed by atoms with Crippen molar-refractivity contribution >= 4 is 57.6 Å². The molecule has 4 fully saturated rings. The van der Waals surface area contributed by atoms with Gasteiger partial charge in [0.25, 0.3) is 0 Å². The monoisotopic (exact) mass is 899 g/mol. The zero-order chi connectivity index (χ0) is 45.5. The van der Waals surface area contributed by atoms with E-state index in [9.17, 15) is 9.59 Å². The molecule has 1 unspecified atom stereocenters. The summed E-state index contributed by atoms with van der Waals surface area (Å²) >= 11 is 0. The summed E-state index contributed by atoms with van der Waals surface area (Å²) in [6, 6.07) is 21.1. The molecule has 6 heterocycles. The summed E-state index contributed by atoms with van der Waals surface area (Å²) in [7, 11) is 1.77. The zero-order valence-electron chi connectivity index (χ0n) is 39.2. The largest absolute Gasteiger partial charge is 0.381 e. The number of carbonyl (C=O) groups is 2. The van der Waals surface area contributed by atoms with Gasteiger partial charge in [0.1, 0.15) is 5.82 Å². The molecule has 10 rings (SSSR count). The molecule has 14 heteroatoms. The molecular weight excluding hydrogens is 833 g/mol. The number of amides is 2. The first-order chi connectivity index (χ1) is 32.1. The summed E-state index contributed by atoms with van der Waals surface area (Å²) < 4.78 is 17.7. The first-order valence-corrected chi connectivity index (χ1v) is 24.4. The highest BCUT2D eigenvalue weighted by Gasteiger charge is 2.40. The predicted molar refractivity (Wildman–Crippen MR) is 258 cm³/mol. The van der Waals surface area contributed by atoms with Gasteiger partial charge in [-0.05, 0) is 120 Å². The van der Waals surface area contributed by atoms with Crippen LogP contribution in [0.5, 0.6) is 0 Å². The van der Waals surface area contributed by atoms with Crippen molar-refractivity contribution < 1.29 is 28.6 Å². The van der Waals surface area contributed by atoms with Crippen LogP contribution in [0.2, 0.25) is 0 Å². The number of pyridine rings is 2. The minimum Gasteiger partial charge on any atom is -0.381 e. The third-order valence-electron chi connectivity index (χ3n) is 14.7. The van der Waals surface area contributed by atoms with Crippen LogP contribution in [0.15, 0.2) is 73.1 Å². The first kappa shape index (κ1) is 44.6. The van der Waals surface area contributed by atoms with Crippen molar-refractivity contribution in [3.63, 3.8) is 0 Å². The van der Waals surface area contributed by atoms with Crippen LogP contribution in [-0.4, -0.2) is 92.2 Å². The van der Waals surface area contributed by atoms with Crippen molar-refractivity contribution in [1.82, 2.24) is 9.97 Å². The van der Waals surface area contributed by atoms with Gasteiger partial charge < -0.3 is 39.1 Å². The summed E-state index contributed by atoms with van der Waals surface area (Å²) in [5, 5.41) is 5.45. The van der Waals surface area contributed by atoms with E-state index in [1.165, 1.54) is 0 Å². The number of ether oxygens (including phenoxy) is 3. The lowest BCUT2D eigenvalue weighted by Crippen LogP contribution is -2.53. The van der Waals surface area contributed by atoms with E-state index in [4.69, 9.17) is 24.0 Å². The highest BCUT2D eigenvalue weighted by atomic mass is 16.7. The molecule has 2 aliphatic carbocycles. The Morgan fingerprint density at radius 1 is 0.727 bits per heavy atom. The molecule has 4 aromatic rings. The van der Waals surface area contributed by atoms with Gasteiger partial charge in [-0.25, -0.2) is 15.0 Å². The van der Waals surface area contributed by atoms with Crippen molar-refractivity contribution in [2.75, 3.05) is 69.9 Å². The number of hydrogen-bond acceptors (Lipinski definition) is 12. The van der Waals surface area contributed by atoms with Crippen LogP contribution in [0.3, 0.4) is 0 Å². The number of carbonyl (C=O) groups excluding carboxylic acids is 2. The van der Waals surface area contributed by atoms with Gasteiger partial charge in [-0.3, -0.25) is 14.4 Å². The maximum atomic E-state index is 15.0. The summed E-state index contributed by atoms with van der Waals surface area (Å²) in [5.41, 5.74) is 7.41. The molecule has 66 heavy (non-hydrogen) atoms. The van der Waals surface area contributed by atoms with Crippen LogP contribution < -0.4 is 30.0 Å². The van der Waals surface area contributed by atoms with E-state index in [0.29, 0.717) is 63.7 Å². The molecule has 14 nitrogen and oxygen atoms in total. The second-order valence-corrected chi connectivity index (χ2v) is 19.7. The van der Waals surface area contributed by atoms with Crippen LogP contribution in [-0.2, 0) is 41.7 Å². The van der Waals surface area contributed by atoms with Crippen LogP contribution in [0.25, 0.3) is 0 Å². The third-order valence-corrected chi connectivity index (χ3v) is 14.7. The van der Waals surface area contributed by atoms with E-state index >= 15 is 0 Å². The van der Waals surface area contributed by atoms with Crippen LogP contribution >= 0.6 is 0 Å². The van der Waals surface area contributed by atoms with Crippen LogP contribution in [0, 0.1) is 17.8 Å². The number of nitrogens with zero attached hydrogens (tertiary/aromatic N) is 7. The molecule has 2 aromatic heterocycles. The molecule has 6 aliphatic rings. The van der Waals surface area contributed by atoms with Gasteiger partial charge in [-0.15, -0.1) is 0 Å². The number of rotatable bonds is 10.